The first-order valence-electron chi connectivity index (χ1n) is 8.76. The van der Waals surface area contributed by atoms with Crippen molar-refractivity contribution in [1.82, 2.24) is 4.90 Å². The molecular formula is C20H22N2O3. The number of piperidine rings is 1. The molecule has 1 saturated heterocycles. The first-order chi connectivity index (χ1) is 12.2. The Kier molecular flexibility index (Phi) is 4.32. The molecule has 2 aromatic carbocycles. The van der Waals surface area contributed by atoms with Crippen molar-refractivity contribution < 1.29 is 14.6 Å². The summed E-state index contributed by atoms with van der Waals surface area (Å²) in [6.07, 6.45) is 1.75. The van der Waals surface area contributed by atoms with E-state index in [4.69, 9.17) is 4.74 Å². The molecule has 2 fully saturated rings. The Labute approximate surface area is 147 Å². The third-order valence-corrected chi connectivity index (χ3v) is 5.17. The number of para-hydroxylation sites is 3. The number of ether oxygens (including phenoxy) is 1. The number of fused-ring (bicyclic) bond motifs is 2. The van der Waals surface area contributed by atoms with Gasteiger partial charge in [-0.2, -0.15) is 0 Å². The van der Waals surface area contributed by atoms with Crippen LogP contribution in [-0.4, -0.2) is 35.2 Å². The Balaban J connectivity index is 1.47. The smallest absolute Gasteiger partial charge is 0.321 e. The van der Waals surface area contributed by atoms with Gasteiger partial charge in [-0.1, -0.05) is 30.3 Å². The highest BCUT2D eigenvalue weighted by atomic mass is 16.5. The first kappa shape index (κ1) is 16.0. The minimum absolute atomic E-state index is 0.132. The van der Waals surface area contributed by atoms with E-state index in [0.29, 0.717) is 24.5 Å². The molecule has 0 spiro atoms. The molecule has 2 aliphatic rings. The number of urea groups is 1. The van der Waals surface area contributed by atoms with E-state index in [9.17, 15) is 9.90 Å². The fraction of sp³-hybridized carbons (Fsp3) is 0.350. The number of nitrogens with one attached hydrogen (secondary N) is 1. The van der Waals surface area contributed by atoms with Crippen LogP contribution in [0.2, 0.25) is 0 Å². The molecule has 0 radical (unpaired) electrons. The zero-order chi connectivity index (χ0) is 17.2. The summed E-state index contributed by atoms with van der Waals surface area (Å²) in [6.45, 7) is 1.23. The van der Waals surface area contributed by atoms with Crippen LogP contribution in [0.3, 0.4) is 0 Å². The number of benzene rings is 2. The number of hydrogen-bond donors (Lipinski definition) is 2. The van der Waals surface area contributed by atoms with Crippen molar-refractivity contribution in [1.29, 1.82) is 0 Å². The van der Waals surface area contributed by atoms with Crippen LogP contribution in [0.1, 0.15) is 12.8 Å². The van der Waals surface area contributed by atoms with E-state index in [-0.39, 0.29) is 24.0 Å². The van der Waals surface area contributed by atoms with Crippen LogP contribution in [0, 0.1) is 11.8 Å². The van der Waals surface area contributed by atoms with Crippen LogP contribution in [-0.2, 0) is 0 Å². The fourth-order valence-electron chi connectivity index (χ4n) is 3.83. The summed E-state index contributed by atoms with van der Waals surface area (Å²) in [5.41, 5.74) is 0.648. The summed E-state index contributed by atoms with van der Waals surface area (Å²) in [4.78, 5) is 14.5. The minimum Gasteiger partial charge on any atom is -0.455 e. The van der Waals surface area contributed by atoms with Crippen LogP contribution in [0.5, 0.6) is 11.5 Å². The molecule has 1 aliphatic carbocycles. The van der Waals surface area contributed by atoms with E-state index in [2.05, 4.69) is 5.32 Å². The average molecular weight is 338 g/mol. The molecule has 1 saturated carbocycles. The van der Waals surface area contributed by atoms with E-state index in [1.807, 2.05) is 59.5 Å². The minimum atomic E-state index is -0.252. The average Bonchev–Trinajstić information content (AvgIpc) is 2.85. The van der Waals surface area contributed by atoms with Gasteiger partial charge >= 0.3 is 6.03 Å². The lowest BCUT2D eigenvalue weighted by Crippen LogP contribution is -2.48. The Bertz CT molecular complexity index is 736. The van der Waals surface area contributed by atoms with E-state index in [1.54, 1.807) is 0 Å². The van der Waals surface area contributed by atoms with Crippen molar-refractivity contribution in [3.8, 4) is 11.5 Å². The van der Waals surface area contributed by atoms with E-state index >= 15 is 0 Å². The normalized spacial score (nSPS) is 24.8. The zero-order valence-corrected chi connectivity index (χ0v) is 14.0. The molecule has 4 rings (SSSR count). The largest absolute Gasteiger partial charge is 0.455 e. The second-order valence-corrected chi connectivity index (χ2v) is 6.83. The molecule has 25 heavy (non-hydrogen) atoms. The summed E-state index contributed by atoms with van der Waals surface area (Å²) in [5, 5.41) is 13.1. The number of aliphatic hydroxyl groups is 1. The topological polar surface area (TPSA) is 61.8 Å². The summed E-state index contributed by atoms with van der Waals surface area (Å²) >= 11 is 0. The van der Waals surface area contributed by atoms with Crippen molar-refractivity contribution in [2.75, 3.05) is 18.4 Å². The van der Waals surface area contributed by atoms with Gasteiger partial charge < -0.3 is 20.1 Å². The lowest BCUT2D eigenvalue weighted by atomic mass is 9.95. The van der Waals surface area contributed by atoms with Crippen LogP contribution < -0.4 is 10.1 Å². The summed E-state index contributed by atoms with van der Waals surface area (Å²) in [7, 11) is 0. The van der Waals surface area contributed by atoms with Gasteiger partial charge in [0.1, 0.15) is 5.75 Å². The molecule has 2 N–H and O–H groups in total. The quantitative estimate of drug-likeness (QED) is 0.897. The van der Waals surface area contributed by atoms with Crippen molar-refractivity contribution >= 4 is 11.7 Å². The van der Waals surface area contributed by atoms with Crippen LogP contribution >= 0.6 is 0 Å². The molecule has 2 amide bonds. The SMILES string of the molecule is O=C(Nc1ccccc1Oc1ccccc1)N1C[C@H]2CC[C@@H](C1)C2O. The highest BCUT2D eigenvalue weighted by Crippen LogP contribution is 2.37. The number of anilines is 1. The fourth-order valence-corrected chi connectivity index (χ4v) is 3.83. The number of carbonyl (C=O) groups excluding carboxylic acids is 1. The van der Waals surface area contributed by atoms with E-state index < -0.39 is 0 Å². The summed E-state index contributed by atoms with van der Waals surface area (Å²) < 4.78 is 5.90. The number of rotatable bonds is 3. The second kappa shape index (κ2) is 6.76. The Morgan fingerprint density at radius 1 is 1.00 bits per heavy atom. The highest BCUT2D eigenvalue weighted by molar-refractivity contribution is 5.91. The van der Waals surface area contributed by atoms with Gasteiger partial charge in [-0.3, -0.25) is 0 Å². The maximum Gasteiger partial charge on any atom is 0.321 e. The van der Waals surface area contributed by atoms with Gasteiger partial charge in [0, 0.05) is 24.9 Å². The molecule has 1 heterocycles. The number of nitrogens with zero attached hydrogens (tertiary/aromatic N) is 1. The third kappa shape index (κ3) is 3.33. The van der Waals surface area contributed by atoms with E-state index in [1.165, 1.54) is 0 Å². The van der Waals surface area contributed by atoms with Gasteiger partial charge in [-0.15, -0.1) is 0 Å². The lowest BCUT2D eigenvalue weighted by Gasteiger charge is -2.35. The molecule has 3 atom stereocenters. The molecule has 1 aliphatic heterocycles. The van der Waals surface area contributed by atoms with Gasteiger partial charge in [0.15, 0.2) is 5.75 Å². The number of aliphatic hydroxyl groups excluding tert-OH is 1. The van der Waals surface area contributed by atoms with Gasteiger partial charge in [0.25, 0.3) is 0 Å². The van der Waals surface area contributed by atoms with Crippen LogP contribution in [0.4, 0.5) is 10.5 Å². The molecule has 2 aromatic rings. The molecule has 130 valence electrons. The Hall–Kier alpha value is -2.53. The summed E-state index contributed by atoms with van der Waals surface area (Å²) in [5.74, 6) is 1.76. The van der Waals surface area contributed by atoms with Gasteiger partial charge in [0.2, 0.25) is 0 Å². The summed E-state index contributed by atoms with van der Waals surface area (Å²) in [6, 6.07) is 16.8. The van der Waals surface area contributed by atoms with Crippen molar-refractivity contribution in [2.45, 2.75) is 18.9 Å². The molecule has 1 unspecified atom stereocenters. The maximum absolute atomic E-state index is 12.7. The van der Waals surface area contributed by atoms with Gasteiger partial charge in [0.05, 0.1) is 11.8 Å². The van der Waals surface area contributed by atoms with Gasteiger partial charge in [-0.05, 0) is 37.1 Å². The number of carbonyl (C=O) groups is 1. The van der Waals surface area contributed by atoms with Crippen molar-refractivity contribution in [3.63, 3.8) is 0 Å². The van der Waals surface area contributed by atoms with Crippen molar-refractivity contribution in [2.24, 2.45) is 11.8 Å². The number of hydrogen-bond acceptors (Lipinski definition) is 3. The maximum atomic E-state index is 12.7. The zero-order valence-electron chi connectivity index (χ0n) is 14.0. The molecule has 2 bridgehead atoms. The number of likely N-dealkylation sites (tertiary alicyclic amines) is 1. The molecule has 5 heteroatoms. The molecule has 0 aromatic heterocycles. The monoisotopic (exact) mass is 338 g/mol. The molecule has 5 nitrogen and oxygen atoms in total. The van der Waals surface area contributed by atoms with E-state index in [0.717, 1.165) is 18.6 Å². The second-order valence-electron chi connectivity index (χ2n) is 6.83. The first-order valence-corrected chi connectivity index (χ1v) is 8.76. The Morgan fingerprint density at radius 2 is 1.64 bits per heavy atom. The highest BCUT2D eigenvalue weighted by Gasteiger charge is 2.42. The number of amides is 2. The predicted octanol–water partition coefficient (Wildman–Crippen LogP) is 3.71. The molecular weight excluding hydrogens is 316 g/mol. The lowest BCUT2D eigenvalue weighted by molar-refractivity contribution is 0.0326. The van der Waals surface area contributed by atoms with Crippen LogP contribution in [0.25, 0.3) is 0 Å². The van der Waals surface area contributed by atoms with Crippen LogP contribution in [0.15, 0.2) is 54.6 Å². The van der Waals surface area contributed by atoms with Gasteiger partial charge in [-0.25, -0.2) is 4.79 Å². The standard InChI is InChI=1S/C20H22N2O3/c23-19-14-10-11-15(19)13-22(12-14)20(24)21-17-8-4-5-9-18(17)25-16-6-2-1-3-7-16/h1-9,14-15,19,23H,10-13H2,(H,21,24)/t14-,15+,19?. The van der Waals surface area contributed by atoms with Crippen molar-refractivity contribution in [3.05, 3.63) is 54.6 Å². The predicted molar refractivity (Wildman–Crippen MR) is 95.8 cm³/mol. The Morgan fingerprint density at radius 3 is 2.36 bits per heavy atom. The third-order valence-electron chi connectivity index (χ3n) is 5.17.